The smallest absolute Gasteiger partial charge is 0.338 e. The van der Waals surface area contributed by atoms with Crippen molar-refractivity contribution in [2.24, 2.45) is 4.99 Å². The second-order valence-electron chi connectivity index (χ2n) is 8.50. The number of ether oxygens (including phenoxy) is 2. The Hall–Kier alpha value is -3.98. The lowest BCUT2D eigenvalue weighted by Crippen LogP contribution is -2.39. The normalized spacial score (nSPS) is 15.2. The molecule has 1 atom stereocenters. The number of allylic oxidation sites excluding steroid dienone is 1. The summed E-state index contributed by atoms with van der Waals surface area (Å²) in [4.78, 5) is 45.1. The monoisotopic (exact) mass is 519 g/mol. The summed E-state index contributed by atoms with van der Waals surface area (Å²) in [6.07, 6.45) is 1.84. The molecule has 8 nitrogen and oxygen atoms in total. The van der Waals surface area contributed by atoms with E-state index in [-0.39, 0.29) is 11.1 Å². The molecule has 0 N–H and O–H groups in total. The molecule has 1 aromatic heterocycles. The maximum atomic E-state index is 13.7. The molecule has 0 spiro atoms. The average Bonchev–Trinajstić information content (AvgIpc) is 3.18. The van der Waals surface area contributed by atoms with Crippen LogP contribution in [0, 0.1) is 0 Å². The molecule has 0 radical (unpaired) electrons. The fourth-order valence-electron chi connectivity index (χ4n) is 4.41. The minimum atomic E-state index is -0.734. The van der Waals surface area contributed by atoms with Crippen molar-refractivity contribution in [3.05, 3.63) is 90.6 Å². The molecule has 1 aliphatic heterocycles. The van der Waals surface area contributed by atoms with Crippen molar-refractivity contribution < 1.29 is 19.1 Å². The quantitative estimate of drug-likeness (QED) is 0.352. The van der Waals surface area contributed by atoms with Gasteiger partial charge in [-0.15, -0.1) is 0 Å². The van der Waals surface area contributed by atoms with Gasteiger partial charge in [-0.3, -0.25) is 14.2 Å². The predicted molar refractivity (Wildman–Crippen MR) is 144 cm³/mol. The Balaban J connectivity index is 1.83. The van der Waals surface area contributed by atoms with E-state index in [0.717, 1.165) is 24.3 Å². The fourth-order valence-corrected chi connectivity index (χ4v) is 5.46. The van der Waals surface area contributed by atoms with Gasteiger partial charge in [0, 0.05) is 25.7 Å². The van der Waals surface area contributed by atoms with Crippen molar-refractivity contribution in [3.8, 4) is 5.75 Å². The lowest BCUT2D eigenvalue weighted by atomic mass is 9.96. The third-order valence-corrected chi connectivity index (χ3v) is 7.19. The number of methoxy groups -OCH3 is 1. The van der Waals surface area contributed by atoms with Crippen LogP contribution in [0.25, 0.3) is 6.08 Å². The summed E-state index contributed by atoms with van der Waals surface area (Å²) in [6.45, 7) is 9.11. The number of carbonyl (C=O) groups is 2. The van der Waals surface area contributed by atoms with Crippen LogP contribution in [-0.2, 0) is 14.3 Å². The molecule has 9 heteroatoms. The van der Waals surface area contributed by atoms with E-state index in [4.69, 9.17) is 9.47 Å². The molecular weight excluding hydrogens is 490 g/mol. The summed E-state index contributed by atoms with van der Waals surface area (Å²) in [6, 6.07) is 14.1. The number of benzene rings is 2. The van der Waals surface area contributed by atoms with Crippen LogP contribution in [0.4, 0.5) is 5.69 Å². The van der Waals surface area contributed by atoms with E-state index < -0.39 is 18.0 Å². The van der Waals surface area contributed by atoms with Crippen LogP contribution >= 0.6 is 11.3 Å². The Morgan fingerprint density at radius 3 is 2.30 bits per heavy atom. The van der Waals surface area contributed by atoms with Crippen LogP contribution in [0.2, 0.25) is 0 Å². The molecule has 37 heavy (non-hydrogen) atoms. The Bertz CT molecular complexity index is 1530. The van der Waals surface area contributed by atoms with Gasteiger partial charge in [-0.2, -0.15) is 0 Å². The minimum Gasteiger partial charge on any atom is -0.466 e. The number of esters is 2. The highest BCUT2D eigenvalue weighted by Gasteiger charge is 2.33. The van der Waals surface area contributed by atoms with Crippen molar-refractivity contribution in [2.45, 2.75) is 33.7 Å². The van der Waals surface area contributed by atoms with Gasteiger partial charge >= 0.3 is 11.9 Å². The number of hydrogen-bond acceptors (Lipinski definition) is 8. The number of hydrogen-bond donors (Lipinski definition) is 0. The number of thiazole rings is 1. The Kier molecular flexibility index (Phi) is 7.73. The van der Waals surface area contributed by atoms with E-state index >= 15 is 0 Å². The van der Waals surface area contributed by atoms with Crippen molar-refractivity contribution in [1.29, 1.82) is 0 Å². The first kappa shape index (κ1) is 26.1. The SMILES string of the molecule is CCN(CC)c1ccc(/C=c2\sc3n(c2=O)[C@H](c2ccc(OC(C)=O)cc2)C(C(=O)OC)=C(C)N=3)cc1. The highest BCUT2D eigenvalue weighted by Crippen LogP contribution is 2.31. The molecule has 0 amide bonds. The Morgan fingerprint density at radius 2 is 1.73 bits per heavy atom. The lowest BCUT2D eigenvalue weighted by molar-refractivity contribution is -0.136. The molecule has 0 saturated carbocycles. The minimum absolute atomic E-state index is 0.250. The van der Waals surface area contributed by atoms with Gasteiger partial charge in [0.15, 0.2) is 4.80 Å². The molecule has 192 valence electrons. The molecule has 3 aromatic rings. The van der Waals surface area contributed by atoms with Crippen LogP contribution in [0.5, 0.6) is 5.75 Å². The van der Waals surface area contributed by atoms with E-state index in [9.17, 15) is 14.4 Å². The van der Waals surface area contributed by atoms with Crippen LogP contribution in [0.3, 0.4) is 0 Å². The van der Waals surface area contributed by atoms with Gasteiger partial charge in [0.25, 0.3) is 5.56 Å². The zero-order chi connectivity index (χ0) is 26.7. The first-order valence-corrected chi connectivity index (χ1v) is 12.8. The topological polar surface area (TPSA) is 90.2 Å². The second-order valence-corrected chi connectivity index (χ2v) is 9.51. The van der Waals surface area contributed by atoms with E-state index in [1.54, 1.807) is 31.2 Å². The molecular formula is C28H29N3O5S. The summed E-state index contributed by atoms with van der Waals surface area (Å²) in [5.41, 5.74) is 3.20. The number of rotatable bonds is 7. The Labute approximate surface area is 218 Å². The summed E-state index contributed by atoms with van der Waals surface area (Å²) >= 11 is 1.27. The van der Waals surface area contributed by atoms with Crippen LogP contribution in [0.1, 0.15) is 44.9 Å². The van der Waals surface area contributed by atoms with Gasteiger partial charge in [0.2, 0.25) is 0 Å². The van der Waals surface area contributed by atoms with E-state index in [1.165, 1.54) is 29.9 Å². The standard InChI is InChI=1S/C28H29N3O5S/c1-6-30(7-2)21-12-8-19(9-13-21)16-23-26(33)31-25(20-10-14-22(15-11-20)36-18(4)32)24(27(34)35-5)17(3)29-28(31)37-23/h8-16,25H,6-7H2,1-5H3/b23-16-/t25-/m1/s1. The lowest BCUT2D eigenvalue weighted by Gasteiger charge is -2.24. The maximum Gasteiger partial charge on any atom is 0.338 e. The third kappa shape index (κ3) is 5.27. The first-order valence-electron chi connectivity index (χ1n) is 12.0. The molecule has 4 rings (SSSR count). The number of aromatic nitrogens is 1. The highest BCUT2D eigenvalue weighted by molar-refractivity contribution is 7.07. The molecule has 1 aliphatic rings. The zero-order valence-corrected chi connectivity index (χ0v) is 22.3. The van der Waals surface area contributed by atoms with Gasteiger partial charge in [-0.25, -0.2) is 9.79 Å². The molecule has 2 aromatic carbocycles. The van der Waals surface area contributed by atoms with Gasteiger partial charge < -0.3 is 14.4 Å². The Morgan fingerprint density at radius 1 is 1.08 bits per heavy atom. The number of fused-ring (bicyclic) bond motifs is 1. The molecule has 0 saturated heterocycles. The second kappa shape index (κ2) is 11.0. The molecule has 2 heterocycles. The van der Waals surface area contributed by atoms with Crippen LogP contribution in [0.15, 0.2) is 69.6 Å². The largest absolute Gasteiger partial charge is 0.466 e. The molecule has 0 aliphatic carbocycles. The maximum absolute atomic E-state index is 13.7. The number of anilines is 1. The van der Waals surface area contributed by atoms with Gasteiger partial charge in [-0.05, 0) is 62.2 Å². The molecule has 0 unspecified atom stereocenters. The van der Waals surface area contributed by atoms with Gasteiger partial charge in [0.05, 0.1) is 29.0 Å². The number of carbonyl (C=O) groups excluding carboxylic acids is 2. The predicted octanol–water partition coefficient (Wildman–Crippen LogP) is 3.18. The first-order chi connectivity index (χ1) is 17.8. The van der Waals surface area contributed by atoms with E-state index in [2.05, 4.69) is 23.7 Å². The van der Waals surface area contributed by atoms with Gasteiger partial charge in [-0.1, -0.05) is 35.6 Å². The molecule has 0 bridgehead atoms. The molecule has 0 fully saturated rings. The van der Waals surface area contributed by atoms with E-state index in [0.29, 0.717) is 26.3 Å². The summed E-state index contributed by atoms with van der Waals surface area (Å²) in [5, 5.41) is 0. The van der Waals surface area contributed by atoms with E-state index in [1.807, 2.05) is 30.3 Å². The summed E-state index contributed by atoms with van der Waals surface area (Å²) in [7, 11) is 1.30. The van der Waals surface area contributed by atoms with Crippen molar-refractivity contribution in [2.75, 3.05) is 25.1 Å². The van der Waals surface area contributed by atoms with Crippen molar-refractivity contribution in [3.63, 3.8) is 0 Å². The summed E-state index contributed by atoms with van der Waals surface area (Å²) in [5.74, 6) is -0.620. The van der Waals surface area contributed by atoms with Gasteiger partial charge in [0.1, 0.15) is 5.75 Å². The summed E-state index contributed by atoms with van der Waals surface area (Å²) < 4.78 is 12.2. The third-order valence-electron chi connectivity index (χ3n) is 6.20. The average molecular weight is 520 g/mol. The number of nitrogens with zero attached hydrogens (tertiary/aromatic N) is 3. The fraction of sp³-hybridized carbons (Fsp3) is 0.286. The van der Waals surface area contributed by atoms with Crippen LogP contribution in [-0.4, -0.2) is 36.7 Å². The zero-order valence-electron chi connectivity index (χ0n) is 21.5. The van der Waals surface area contributed by atoms with Crippen molar-refractivity contribution in [1.82, 2.24) is 4.57 Å². The van der Waals surface area contributed by atoms with Crippen LogP contribution < -0.4 is 24.5 Å². The highest BCUT2D eigenvalue weighted by atomic mass is 32.1. The van der Waals surface area contributed by atoms with Crippen molar-refractivity contribution >= 4 is 35.0 Å².